The van der Waals surface area contributed by atoms with Crippen LogP contribution >= 0.6 is 0 Å². The topological polar surface area (TPSA) is 84.3 Å². The van der Waals surface area contributed by atoms with E-state index in [-0.39, 0.29) is 5.78 Å². The molecule has 0 spiro atoms. The Bertz CT molecular complexity index is 1910. The summed E-state index contributed by atoms with van der Waals surface area (Å²) in [5.74, 6) is 0.799. The number of pyridine rings is 1. The number of benzene rings is 4. The molecule has 43 heavy (non-hydrogen) atoms. The number of Topliss-reactive ketones (excluding diaryl/α,β-unsaturated/α-hetero) is 1. The predicted molar refractivity (Wildman–Crippen MR) is 176 cm³/mol. The van der Waals surface area contributed by atoms with Gasteiger partial charge in [-0.05, 0) is 115 Å². The molecule has 218 valence electrons. The Labute approximate surface area is 252 Å². The Morgan fingerprint density at radius 2 is 1.84 bits per heavy atom. The van der Waals surface area contributed by atoms with Crippen LogP contribution in [0.3, 0.4) is 0 Å². The van der Waals surface area contributed by atoms with Gasteiger partial charge in [-0.3, -0.25) is 9.78 Å². The number of rotatable bonds is 7. The molecule has 6 rings (SSSR count). The first-order valence-electron chi connectivity index (χ1n) is 14.7. The van der Waals surface area contributed by atoms with Gasteiger partial charge in [-0.15, -0.1) is 0 Å². The Morgan fingerprint density at radius 1 is 1.07 bits per heavy atom. The molecule has 0 fully saturated rings. The maximum absolute atomic E-state index is 13.3. The molecule has 0 saturated carbocycles. The Hall–Kier alpha value is -4.55. The van der Waals surface area contributed by atoms with E-state index in [0.29, 0.717) is 6.61 Å². The van der Waals surface area contributed by atoms with Gasteiger partial charge in [0, 0.05) is 48.1 Å². The Morgan fingerprint density at radius 3 is 2.56 bits per heavy atom. The average molecular weight is 572 g/mol. The zero-order chi connectivity index (χ0) is 30.5. The normalized spacial score (nSPS) is 13.5. The van der Waals surface area contributed by atoms with Crippen LogP contribution in [-0.2, 0) is 16.0 Å². The van der Waals surface area contributed by atoms with Crippen LogP contribution in [0.2, 0.25) is 0 Å². The average Bonchev–Trinajstić information content (AvgIpc) is 2.99. The fourth-order valence-corrected chi connectivity index (χ4v) is 6.26. The molecule has 0 unspecified atom stereocenters. The molecule has 2 N–H and O–H groups in total. The van der Waals surface area contributed by atoms with Crippen molar-refractivity contribution in [2.24, 2.45) is 0 Å². The number of nitrogens with one attached hydrogen (secondary N) is 2. The molecule has 1 aromatic heterocycles. The number of aryl methyl sites for hydroxylation is 1. The van der Waals surface area contributed by atoms with Crippen molar-refractivity contribution in [2.45, 2.75) is 52.7 Å². The van der Waals surface area contributed by atoms with E-state index in [1.165, 1.54) is 11.8 Å². The van der Waals surface area contributed by atoms with Gasteiger partial charge in [-0.1, -0.05) is 24.3 Å². The molecular formula is C37H37N3O3. The van der Waals surface area contributed by atoms with Crippen molar-refractivity contribution in [3.63, 3.8) is 0 Å². The third-order valence-corrected chi connectivity index (χ3v) is 8.14. The van der Waals surface area contributed by atoms with Crippen LogP contribution in [0.5, 0.6) is 5.75 Å². The predicted octanol–water partition coefficient (Wildman–Crippen LogP) is 8.45. The van der Waals surface area contributed by atoms with E-state index in [4.69, 9.17) is 19.9 Å². The Balaban J connectivity index is 1.66. The number of ether oxygens (including phenoxy) is 2. The highest BCUT2D eigenvalue weighted by molar-refractivity contribution is 6.09. The minimum Gasteiger partial charge on any atom is -0.493 e. The highest BCUT2D eigenvalue weighted by Crippen LogP contribution is 2.45. The zero-order valence-electron chi connectivity index (χ0n) is 25.6. The fraction of sp³-hybridized carbons (Fsp3) is 0.270. The molecule has 1 aliphatic heterocycles. The second-order valence-electron chi connectivity index (χ2n) is 12.2. The summed E-state index contributed by atoms with van der Waals surface area (Å²) in [5.41, 5.74) is 9.13. The quantitative estimate of drug-likeness (QED) is 0.192. The van der Waals surface area contributed by atoms with Crippen LogP contribution in [-0.4, -0.2) is 36.2 Å². The summed E-state index contributed by atoms with van der Waals surface area (Å²) in [5, 5.41) is 14.1. The molecule has 5 aromatic rings. The number of hydrogen-bond acceptors (Lipinski definition) is 6. The van der Waals surface area contributed by atoms with Gasteiger partial charge in [0.25, 0.3) is 0 Å². The largest absolute Gasteiger partial charge is 0.493 e. The summed E-state index contributed by atoms with van der Waals surface area (Å²) in [6.45, 7) is 10.3. The minimum atomic E-state index is -0.745. The van der Waals surface area contributed by atoms with E-state index in [9.17, 15) is 4.79 Å². The summed E-state index contributed by atoms with van der Waals surface area (Å²) < 4.78 is 12.5. The first kappa shape index (κ1) is 28.6. The molecule has 1 aliphatic rings. The van der Waals surface area contributed by atoms with Crippen LogP contribution in [0.1, 0.15) is 56.1 Å². The van der Waals surface area contributed by atoms with Crippen molar-refractivity contribution in [3.05, 3.63) is 89.1 Å². The highest BCUT2D eigenvalue weighted by Gasteiger charge is 2.31. The van der Waals surface area contributed by atoms with Gasteiger partial charge >= 0.3 is 0 Å². The van der Waals surface area contributed by atoms with E-state index < -0.39 is 11.7 Å². The van der Waals surface area contributed by atoms with Crippen LogP contribution in [0.4, 0.5) is 5.69 Å². The highest BCUT2D eigenvalue weighted by atomic mass is 16.5. The van der Waals surface area contributed by atoms with Crippen molar-refractivity contribution < 1.29 is 14.3 Å². The van der Waals surface area contributed by atoms with Crippen molar-refractivity contribution in [1.29, 1.82) is 5.41 Å². The zero-order valence-corrected chi connectivity index (χ0v) is 25.6. The number of nitrogens with zero attached hydrogens (tertiary/aromatic N) is 1. The lowest BCUT2D eigenvalue weighted by Gasteiger charge is -2.30. The molecule has 6 heteroatoms. The summed E-state index contributed by atoms with van der Waals surface area (Å²) in [7, 11) is 1.86. The number of carbonyl (C=O) groups is 1. The van der Waals surface area contributed by atoms with Gasteiger partial charge in [-0.25, -0.2) is 0 Å². The van der Waals surface area contributed by atoms with Crippen molar-refractivity contribution in [3.8, 4) is 28.0 Å². The molecule has 0 bridgehead atoms. The van der Waals surface area contributed by atoms with Crippen molar-refractivity contribution in [1.82, 2.24) is 4.98 Å². The number of anilines is 1. The maximum Gasteiger partial charge on any atom is 0.163 e. The maximum atomic E-state index is 13.3. The third-order valence-electron chi connectivity index (χ3n) is 8.14. The van der Waals surface area contributed by atoms with E-state index in [1.807, 2.05) is 52.2 Å². The van der Waals surface area contributed by atoms with Gasteiger partial charge in [0.05, 0.1) is 17.7 Å². The van der Waals surface area contributed by atoms with Crippen molar-refractivity contribution in [2.75, 3.05) is 19.0 Å². The Kier molecular flexibility index (Phi) is 7.26. The first-order valence-corrected chi connectivity index (χ1v) is 14.7. The second-order valence-corrected chi connectivity index (χ2v) is 12.2. The number of ketones is 1. The van der Waals surface area contributed by atoms with Crippen molar-refractivity contribution >= 4 is 39.4 Å². The molecule has 2 heterocycles. The first-order chi connectivity index (χ1) is 20.6. The van der Waals surface area contributed by atoms with Crippen LogP contribution in [0, 0.1) is 12.3 Å². The minimum absolute atomic E-state index is 0.0435. The van der Waals surface area contributed by atoms with Crippen LogP contribution in [0.25, 0.3) is 43.9 Å². The molecule has 1 atom stereocenters. The standard InChI is InChI=1S/C37H37N3O3/c1-21-17-26-18-24(25-8-11-30(39-6)27(19-25)20-38)7-9-28(26)34(32(21)36(22(2)41)43-37(3,4)5)29-10-12-31-33-23(14-16-42-31)13-15-40-35(29)33/h7-13,15,17-20,36,38-39H,14,16H2,1-6H3/t36-/m1/s1. The van der Waals surface area contributed by atoms with Crippen LogP contribution < -0.4 is 10.1 Å². The lowest BCUT2D eigenvalue weighted by molar-refractivity contribution is -0.138. The molecule has 4 aromatic carbocycles. The monoisotopic (exact) mass is 571 g/mol. The van der Waals surface area contributed by atoms with Gasteiger partial charge in [0.15, 0.2) is 5.78 Å². The van der Waals surface area contributed by atoms with E-state index in [0.717, 1.165) is 78.5 Å². The van der Waals surface area contributed by atoms with Gasteiger partial charge in [-0.2, -0.15) is 0 Å². The SMILES string of the molecule is CNc1ccc(-c2ccc3c(-c4ccc5c6c(ccnc46)CCO5)c([C@H](OC(C)(C)C)C(C)=O)c(C)cc3c2)cc1C=N. The molecular weight excluding hydrogens is 534 g/mol. The molecule has 0 amide bonds. The summed E-state index contributed by atoms with van der Waals surface area (Å²) in [6.07, 6.45) is 3.32. The van der Waals surface area contributed by atoms with E-state index in [1.54, 1.807) is 6.92 Å². The van der Waals surface area contributed by atoms with Gasteiger partial charge in [0.1, 0.15) is 11.9 Å². The van der Waals surface area contributed by atoms with Crippen LogP contribution in [0.15, 0.2) is 66.9 Å². The second kappa shape index (κ2) is 10.9. The molecule has 0 radical (unpaired) electrons. The van der Waals surface area contributed by atoms with E-state index >= 15 is 0 Å². The lowest BCUT2D eigenvalue weighted by atomic mass is 9.84. The lowest BCUT2D eigenvalue weighted by Crippen LogP contribution is -2.27. The summed E-state index contributed by atoms with van der Waals surface area (Å²) >= 11 is 0. The molecule has 0 aliphatic carbocycles. The molecule has 6 nitrogen and oxygen atoms in total. The number of aromatic nitrogens is 1. The molecule has 0 saturated heterocycles. The third kappa shape index (κ3) is 5.17. The number of hydrogen-bond donors (Lipinski definition) is 2. The summed E-state index contributed by atoms with van der Waals surface area (Å²) in [4.78, 5) is 18.2. The smallest absolute Gasteiger partial charge is 0.163 e. The van der Waals surface area contributed by atoms with E-state index in [2.05, 4.69) is 54.7 Å². The fourth-order valence-electron chi connectivity index (χ4n) is 6.26. The van der Waals surface area contributed by atoms with Gasteiger partial charge < -0.3 is 20.2 Å². The van der Waals surface area contributed by atoms with Gasteiger partial charge in [0.2, 0.25) is 0 Å². The number of carbonyl (C=O) groups excluding carboxylic acids is 1. The number of fused-ring (bicyclic) bond motifs is 1. The summed E-state index contributed by atoms with van der Waals surface area (Å²) in [6, 6.07) is 20.9.